The Bertz CT molecular complexity index is 1220. The van der Waals surface area contributed by atoms with E-state index in [0.717, 1.165) is 22.8 Å². The van der Waals surface area contributed by atoms with Crippen LogP contribution in [0.25, 0.3) is 0 Å². The van der Waals surface area contributed by atoms with E-state index in [4.69, 9.17) is 14.2 Å². The van der Waals surface area contributed by atoms with Gasteiger partial charge < -0.3 is 14.2 Å². The summed E-state index contributed by atoms with van der Waals surface area (Å²) in [5.74, 6) is -1.53. The summed E-state index contributed by atoms with van der Waals surface area (Å²) in [7, 11) is -2.83. The molecular weight excluding hydrogens is 501 g/mol. The zero-order valence-corrected chi connectivity index (χ0v) is 19.9. The van der Waals surface area contributed by atoms with Gasteiger partial charge in [0.25, 0.3) is 5.91 Å². The lowest BCUT2D eigenvalue weighted by Crippen LogP contribution is -2.66. The number of carbonyl (C=O) groups excluding carboxylic acids is 2. The number of rotatable bonds is 8. The smallest absolute Gasteiger partial charge is 0.410 e. The first-order valence-electron chi connectivity index (χ1n) is 10.9. The number of ether oxygens (including phenoxy) is 3. The standard InChI is InChI=1S/C21H24FN5O8S/c1-33-6-7-34-21(29)27-14-2-4-17(27)19(20(28)25-30)26(12-14)36(31,32)16-3-5-18(24-11-16)35-15-8-13(22)9-23-10-15/h3,5,8-11,14,17,19,30H,2,4,6-7,12H2,1H3,(H,25,28)/t14-,17+,19-/m1/s1. The lowest BCUT2D eigenvalue weighted by atomic mass is 10.1. The summed E-state index contributed by atoms with van der Waals surface area (Å²) in [5.41, 5.74) is 1.51. The molecular formula is C21H24FN5O8S. The van der Waals surface area contributed by atoms with Gasteiger partial charge >= 0.3 is 6.09 Å². The summed E-state index contributed by atoms with van der Waals surface area (Å²) < 4.78 is 56.7. The van der Waals surface area contributed by atoms with Gasteiger partial charge in [-0.15, -0.1) is 0 Å². The van der Waals surface area contributed by atoms with Gasteiger partial charge in [0.15, 0.2) is 5.75 Å². The number of fused-ring (bicyclic) bond motifs is 2. The van der Waals surface area contributed by atoms with Crippen LogP contribution in [0.2, 0.25) is 0 Å². The van der Waals surface area contributed by atoms with E-state index in [0.29, 0.717) is 12.8 Å². The molecule has 13 nitrogen and oxygen atoms in total. The molecule has 0 radical (unpaired) electrons. The van der Waals surface area contributed by atoms with E-state index in [2.05, 4.69) is 9.97 Å². The van der Waals surface area contributed by atoms with E-state index in [-0.39, 0.29) is 36.3 Å². The van der Waals surface area contributed by atoms with Gasteiger partial charge in [0, 0.05) is 31.8 Å². The van der Waals surface area contributed by atoms with Crippen LogP contribution in [0.4, 0.5) is 9.18 Å². The summed E-state index contributed by atoms with van der Waals surface area (Å²) >= 11 is 0. The molecule has 2 aromatic rings. The predicted molar refractivity (Wildman–Crippen MR) is 118 cm³/mol. The van der Waals surface area contributed by atoms with Crippen molar-refractivity contribution in [3.63, 3.8) is 0 Å². The van der Waals surface area contributed by atoms with Crippen molar-refractivity contribution in [3.05, 3.63) is 42.6 Å². The first kappa shape index (κ1) is 25.7. The molecule has 2 bridgehead atoms. The van der Waals surface area contributed by atoms with Crippen LogP contribution < -0.4 is 10.2 Å². The number of sulfonamides is 1. The number of hydrogen-bond donors (Lipinski definition) is 2. The number of hydroxylamine groups is 1. The Morgan fingerprint density at radius 1 is 1.22 bits per heavy atom. The van der Waals surface area contributed by atoms with Crippen molar-refractivity contribution >= 4 is 22.0 Å². The fourth-order valence-corrected chi connectivity index (χ4v) is 5.99. The number of methoxy groups -OCH3 is 1. The third-order valence-electron chi connectivity index (χ3n) is 5.93. The molecule has 0 aromatic carbocycles. The van der Waals surface area contributed by atoms with Gasteiger partial charge in [-0.3, -0.25) is 19.9 Å². The zero-order chi connectivity index (χ0) is 25.9. The second-order valence-corrected chi connectivity index (χ2v) is 9.97. The van der Waals surface area contributed by atoms with Gasteiger partial charge in [0.1, 0.15) is 23.4 Å². The monoisotopic (exact) mass is 525 g/mol. The number of aromatic nitrogens is 2. The minimum absolute atomic E-state index is 0.00404. The summed E-state index contributed by atoms with van der Waals surface area (Å²) in [6.45, 7) is -0.0160. The van der Waals surface area contributed by atoms with E-state index in [9.17, 15) is 27.6 Å². The van der Waals surface area contributed by atoms with Crippen molar-refractivity contribution < 1.29 is 41.8 Å². The van der Waals surface area contributed by atoms with Crippen LogP contribution in [-0.4, -0.2) is 89.8 Å². The van der Waals surface area contributed by atoms with Crippen LogP contribution in [0.15, 0.2) is 41.7 Å². The molecule has 2 aliphatic rings. The number of nitrogens with zero attached hydrogens (tertiary/aromatic N) is 4. The van der Waals surface area contributed by atoms with Gasteiger partial charge in [-0.05, 0) is 18.9 Å². The second-order valence-electron chi connectivity index (χ2n) is 8.08. The fourth-order valence-electron chi connectivity index (χ4n) is 4.39. The van der Waals surface area contributed by atoms with E-state index < -0.39 is 46.0 Å². The molecule has 2 fully saturated rings. The Balaban J connectivity index is 1.57. The van der Waals surface area contributed by atoms with Crippen LogP contribution in [0.5, 0.6) is 11.6 Å². The highest BCUT2D eigenvalue weighted by Gasteiger charge is 2.55. The second kappa shape index (κ2) is 10.7. The maximum atomic E-state index is 13.5. The van der Waals surface area contributed by atoms with E-state index in [1.54, 1.807) is 0 Å². The van der Waals surface area contributed by atoms with Gasteiger partial charge in [-0.2, -0.15) is 4.31 Å². The molecule has 2 aliphatic heterocycles. The van der Waals surface area contributed by atoms with Gasteiger partial charge in [-0.25, -0.2) is 28.1 Å². The molecule has 4 heterocycles. The average molecular weight is 526 g/mol. The Labute approximate surface area is 205 Å². The molecule has 0 spiro atoms. The Morgan fingerprint density at radius 3 is 2.69 bits per heavy atom. The zero-order valence-electron chi connectivity index (χ0n) is 19.1. The van der Waals surface area contributed by atoms with Gasteiger partial charge in [0.05, 0.1) is 31.2 Å². The third kappa shape index (κ3) is 5.09. The molecule has 0 aliphatic carbocycles. The molecule has 2 amide bonds. The number of piperazine rings is 1. The molecule has 194 valence electrons. The lowest BCUT2D eigenvalue weighted by molar-refractivity contribution is -0.136. The molecule has 2 N–H and O–H groups in total. The molecule has 2 aromatic heterocycles. The first-order valence-corrected chi connectivity index (χ1v) is 12.3. The fraction of sp³-hybridized carbons (Fsp3) is 0.429. The highest BCUT2D eigenvalue weighted by molar-refractivity contribution is 7.89. The van der Waals surface area contributed by atoms with Crippen molar-refractivity contribution in [2.75, 3.05) is 26.9 Å². The number of halogens is 1. The first-order chi connectivity index (χ1) is 17.3. The SMILES string of the molecule is COCCOC(=O)N1[C@@H]2CC[C@H]1[C@H](C(=O)NO)N(S(=O)(=O)c1ccc(Oc3cncc(F)c3)nc1)C2. The van der Waals surface area contributed by atoms with Crippen LogP contribution >= 0.6 is 0 Å². The lowest BCUT2D eigenvalue weighted by Gasteiger charge is -2.44. The minimum Gasteiger partial charge on any atom is -0.447 e. The molecule has 15 heteroatoms. The van der Waals surface area contributed by atoms with Crippen molar-refractivity contribution in [3.8, 4) is 11.6 Å². The van der Waals surface area contributed by atoms with Crippen LogP contribution in [-0.2, 0) is 24.3 Å². The van der Waals surface area contributed by atoms with Crippen molar-refractivity contribution in [2.45, 2.75) is 35.9 Å². The van der Waals surface area contributed by atoms with Crippen LogP contribution in [0.3, 0.4) is 0 Å². The Hall–Kier alpha value is -3.40. The molecule has 3 atom stereocenters. The van der Waals surface area contributed by atoms with E-state index >= 15 is 0 Å². The molecule has 4 rings (SSSR count). The molecule has 0 unspecified atom stereocenters. The number of carbonyl (C=O) groups is 2. The highest BCUT2D eigenvalue weighted by atomic mass is 32.2. The largest absolute Gasteiger partial charge is 0.447 e. The van der Waals surface area contributed by atoms with Gasteiger partial charge in [-0.1, -0.05) is 0 Å². The van der Waals surface area contributed by atoms with Gasteiger partial charge in [0.2, 0.25) is 15.9 Å². The Morgan fingerprint density at radius 2 is 2.03 bits per heavy atom. The average Bonchev–Trinajstić information content (AvgIpc) is 3.17. The van der Waals surface area contributed by atoms with Crippen molar-refractivity contribution in [2.24, 2.45) is 0 Å². The Kier molecular flexibility index (Phi) is 7.63. The van der Waals surface area contributed by atoms with E-state index in [1.165, 1.54) is 35.8 Å². The van der Waals surface area contributed by atoms with Crippen molar-refractivity contribution in [1.82, 2.24) is 24.7 Å². The number of pyridine rings is 2. The molecule has 2 saturated heterocycles. The summed E-state index contributed by atoms with van der Waals surface area (Å²) in [6.07, 6.45) is 3.39. The maximum absolute atomic E-state index is 13.5. The predicted octanol–water partition coefficient (Wildman–Crippen LogP) is 0.902. The third-order valence-corrected chi connectivity index (χ3v) is 7.76. The maximum Gasteiger partial charge on any atom is 0.410 e. The van der Waals surface area contributed by atoms with Crippen molar-refractivity contribution in [1.29, 1.82) is 0 Å². The normalized spacial score (nSPS) is 21.8. The number of nitrogens with one attached hydrogen (secondary N) is 1. The number of hydrogen-bond acceptors (Lipinski definition) is 10. The number of amides is 2. The highest BCUT2D eigenvalue weighted by Crippen LogP contribution is 2.38. The molecule has 36 heavy (non-hydrogen) atoms. The summed E-state index contributed by atoms with van der Waals surface area (Å²) in [6, 6.07) is 0.813. The molecule has 0 saturated carbocycles. The van der Waals surface area contributed by atoms with Crippen LogP contribution in [0.1, 0.15) is 12.8 Å². The topological polar surface area (TPSA) is 160 Å². The summed E-state index contributed by atoms with van der Waals surface area (Å²) in [4.78, 5) is 34.0. The summed E-state index contributed by atoms with van der Waals surface area (Å²) in [5, 5.41) is 9.33. The minimum atomic E-state index is -4.29. The van der Waals surface area contributed by atoms with Crippen LogP contribution in [0, 0.1) is 5.82 Å². The van der Waals surface area contributed by atoms with E-state index in [1.807, 2.05) is 0 Å². The quantitative estimate of drug-likeness (QED) is 0.288.